The molecular weight excluding hydrogens is 336 g/mol. The lowest BCUT2D eigenvalue weighted by molar-refractivity contribution is -0.145. The molecule has 4 rings (SSSR count). The average Bonchev–Trinajstić information content (AvgIpc) is 2.63. The number of benzene rings is 2. The summed E-state index contributed by atoms with van der Waals surface area (Å²) in [5.41, 5.74) is 3.29. The van der Waals surface area contributed by atoms with E-state index in [4.69, 9.17) is 0 Å². The first-order valence-corrected chi connectivity index (χ1v) is 9.83. The summed E-state index contributed by atoms with van der Waals surface area (Å²) < 4.78 is 0. The summed E-state index contributed by atoms with van der Waals surface area (Å²) in [6, 6.07) is 18.3. The van der Waals surface area contributed by atoms with Crippen molar-refractivity contribution in [3.05, 3.63) is 65.7 Å². The molecule has 0 unspecified atom stereocenters. The second-order valence-corrected chi connectivity index (χ2v) is 7.78. The Labute approximate surface area is 160 Å². The van der Waals surface area contributed by atoms with Crippen LogP contribution in [-0.4, -0.2) is 35.8 Å². The van der Waals surface area contributed by atoms with Gasteiger partial charge in [-0.25, -0.2) is 0 Å². The Hall–Kier alpha value is -2.62. The normalized spacial score (nSPS) is 20.5. The number of piperazine rings is 1. The number of hydrogen-bond acceptors (Lipinski definition) is 2. The lowest BCUT2D eigenvalue weighted by Crippen LogP contribution is -2.60. The van der Waals surface area contributed by atoms with Crippen molar-refractivity contribution < 1.29 is 9.59 Å². The highest BCUT2D eigenvalue weighted by Crippen LogP contribution is 2.31. The fourth-order valence-electron chi connectivity index (χ4n) is 3.95. The maximum Gasteiger partial charge on any atom is 0.246 e. The first-order valence-electron chi connectivity index (χ1n) is 9.83. The first-order chi connectivity index (χ1) is 13.1. The molecule has 4 heteroatoms. The summed E-state index contributed by atoms with van der Waals surface area (Å²) in [7, 11) is 0. The van der Waals surface area contributed by atoms with Gasteiger partial charge in [-0.1, -0.05) is 54.4 Å². The molecule has 1 heterocycles. The highest BCUT2D eigenvalue weighted by molar-refractivity contribution is 5.98. The van der Waals surface area contributed by atoms with Crippen molar-refractivity contribution in [3.8, 4) is 0 Å². The predicted molar refractivity (Wildman–Crippen MR) is 107 cm³/mol. The van der Waals surface area contributed by atoms with Gasteiger partial charge in [0.1, 0.15) is 6.54 Å². The highest BCUT2D eigenvalue weighted by Gasteiger charge is 2.39. The fourth-order valence-corrected chi connectivity index (χ4v) is 3.95. The summed E-state index contributed by atoms with van der Waals surface area (Å²) in [6.07, 6.45) is 3.82. The van der Waals surface area contributed by atoms with Crippen molar-refractivity contribution in [2.45, 2.75) is 38.6 Å². The molecule has 0 aromatic heterocycles. The van der Waals surface area contributed by atoms with Gasteiger partial charge in [0, 0.05) is 18.2 Å². The molecule has 1 aliphatic heterocycles. The van der Waals surface area contributed by atoms with Gasteiger partial charge in [0.05, 0.1) is 6.04 Å². The van der Waals surface area contributed by atoms with Crippen molar-refractivity contribution >= 4 is 17.5 Å². The molecule has 1 saturated carbocycles. The zero-order chi connectivity index (χ0) is 18.8. The molecule has 2 amide bonds. The van der Waals surface area contributed by atoms with E-state index in [1.165, 1.54) is 11.1 Å². The van der Waals surface area contributed by atoms with Gasteiger partial charge in [0.2, 0.25) is 11.8 Å². The molecular formula is C23H26N2O2. The summed E-state index contributed by atoms with van der Waals surface area (Å²) in [6.45, 7) is 2.77. The smallest absolute Gasteiger partial charge is 0.246 e. The Bertz CT molecular complexity index is 812. The number of anilines is 1. The second kappa shape index (κ2) is 7.55. The number of aryl methyl sites for hydroxylation is 1. The Morgan fingerprint density at radius 2 is 1.74 bits per heavy atom. The molecule has 2 fully saturated rings. The van der Waals surface area contributed by atoms with Crippen LogP contribution in [0.25, 0.3) is 0 Å². The van der Waals surface area contributed by atoms with Crippen molar-refractivity contribution in [3.63, 3.8) is 0 Å². The largest absolute Gasteiger partial charge is 0.328 e. The zero-order valence-corrected chi connectivity index (χ0v) is 15.8. The number of amides is 2. The van der Waals surface area contributed by atoms with Crippen LogP contribution in [-0.2, 0) is 16.0 Å². The minimum Gasteiger partial charge on any atom is -0.328 e. The van der Waals surface area contributed by atoms with E-state index in [-0.39, 0.29) is 30.3 Å². The third-order valence-electron chi connectivity index (χ3n) is 5.84. The van der Waals surface area contributed by atoms with Crippen LogP contribution >= 0.6 is 0 Å². The van der Waals surface area contributed by atoms with Gasteiger partial charge >= 0.3 is 0 Å². The summed E-state index contributed by atoms with van der Waals surface area (Å²) in [5.74, 6) is 0.289. The van der Waals surface area contributed by atoms with Crippen molar-refractivity contribution in [2.75, 3.05) is 18.0 Å². The Balaban J connectivity index is 1.59. The number of rotatable bonds is 4. The van der Waals surface area contributed by atoms with Crippen molar-refractivity contribution in [2.24, 2.45) is 5.92 Å². The topological polar surface area (TPSA) is 40.6 Å². The molecule has 2 aliphatic rings. The van der Waals surface area contributed by atoms with Crippen LogP contribution in [0.4, 0.5) is 5.69 Å². The number of carbonyl (C=O) groups is 2. The highest BCUT2D eigenvalue weighted by atomic mass is 16.2. The molecule has 140 valence electrons. The molecule has 0 radical (unpaired) electrons. The molecule has 2 aromatic carbocycles. The molecule has 2 aromatic rings. The van der Waals surface area contributed by atoms with E-state index in [1.54, 1.807) is 0 Å². The third-order valence-corrected chi connectivity index (χ3v) is 5.84. The van der Waals surface area contributed by atoms with Gasteiger partial charge in [-0.2, -0.15) is 0 Å². The predicted octanol–water partition coefficient (Wildman–Crippen LogP) is 3.58. The van der Waals surface area contributed by atoms with Gasteiger partial charge in [-0.15, -0.1) is 0 Å². The van der Waals surface area contributed by atoms with Crippen LogP contribution in [0.1, 0.15) is 30.4 Å². The molecule has 0 spiro atoms. The van der Waals surface area contributed by atoms with E-state index in [0.717, 1.165) is 31.4 Å². The van der Waals surface area contributed by atoms with E-state index < -0.39 is 0 Å². The molecule has 27 heavy (non-hydrogen) atoms. The van der Waals surface area contributed by atoms with E-state index in [0.29, 0.717) is 6.54 Å². The summed E-state index contributed by atoms with van der Waals surface area (Å²) in [5, 5.41) is 0. The van der Waals surface area contributed by atoms with Crippen LogP contribution in [0, 0.1) is 12.8 Å². The van der Waals surface area contributed by atoms with E-state index in [1.807, 2.05) is 59.2 Å². The molecule has 0 N–H and O–H groups in total. The Kier molecular flexibility index (Phi) is 4.97. The summed E-state index contributed by atoms with van der Waals surface area (Å²) in [4.78, 5) is 29.5. The van der Waals surface area contributed by atoms with Gasteiger partial charge in [-0.3, -0.25) is 9.59 Å². The van der Waals surface area contributed by atoms with Gasteiger partial charge in [-0.05, 0) is 43.9 Å². The van der Waals surface area contributed by atoms with E-state index in [9.17, 15) is 9.59 Å². The van der Waals surface area contributed by atoms with Crippen LogP contribution in [0.3, 0.4) is 0 Å². The van der Waals surface area contributed by atoms with Gasteiger partial charge in [0.15, 0.2) is 0 Å². The molecule has 0 bridgehead atoms. The monoisotopic (exact) mass is 362 g/mol. The average molecular weight is 362 g/mol. The summed E-state index contributed by atoms with van der Waals surface area (Å²) >= 11 is 0. The van der Waals surface area contributed by atoms with Crippen LogP contribution < -0.4 is 4.90 Å². The number of nitrogens with zero attached hydrogens (tertiary/aromatic N) is 2. The van der Waals surface area contributed by atoms with Gasteiger partial charge in [0.25, 0.3) is 0 Å². The zero-order valence-electron chi connectivity index (χ0n) is 15.8. The lowest BCUT2D eigenvalue weighted by Gasteiger charge is -2.43. The van der Waals surface area contributed by atoms with E-state index >= 15 is 0 Å². The minimum absolute atomic E-state index is 0.0100. The first kappa shape index (κ1) is 17.8. The molecule has 1 aliphatic carbocycles. The maximum atomic E-state index is 13.0. The van der Waals surface area contributed by atoms with Crippen LogP contribution in [0.15, 0.2) is 54.6 Å². The minimum atomic E-state index is 0.0100. The van der Waals surface area contributed by atoms with Crippen molar-refractivity contribution in [1.29, 1.82) is 0 Å². The SMILES string of the molecule is Cc1ccc(N2C[C@@H](Cc3ccccc3)N(C(=O)C3CCC3)CC2=O)cc1. The lowest BCUT2D eigenvalue weighted by atomic mass is 9.83. The van der Waals surface area contributed by atoms with Gasteiger partial charge < -0.3 is 9.80 Å². The third kappa shape index (κ3) is 3.75. The number of carbonyl (C=O) groups excluding carboxylic acids is 2. The molecule has 1 atom stereocenters. The van der Waals surface area contributed by atoms with Crippen LogP contribution in [0.5, 0.6) is 0 Å². The van der Waals surface area contributed by atoms with E-state index in [2.05, 4.69) is 12.1 Å². The maximum absolute atomic E-state index is 13.0. The molecule has 1 saturated heterocycles. The number of hydrogen-bond donors (Lipinski definition) is 0. The Morgan fingerprint density at radius 3 is 2.37 bits per heavy atom. The second-order valence-electron chi connectivity index (χ2n) is 7.78. The standard InChI is InChI=1S/C23H26N2O2/c1-17-10-12-20(13-11-17)24-15-21(14-18-6-3-2-4-7-18)25(16-22(24)26)23(27)19-8-5-9-19/h2-4,6-7,10-13,19,21H,5,8-9,14-16H2,1H3/t21-/m1/s1. The Morgan fingerprint density at radius 1 is 1.04 bits per heavy atom. The van der Waals surface area contributed by atoms with Crippen LogP contribution in [0.2, 0.25) is 0 Å². The fraction of sp³-hybridized carbons (Fsp3) is 0.391. The van der Waals surface area contributed by atoms with Crippen molar-refractivity contribution in [1.82, 2.24) is 4.90 Å². The molecule has 4 nitrogen and oxygen atoms in total. The quantitative estimate of drug-likeness (QED) is 0.834.